The van der Waals surface area contributed by atoms with Crippen molar-refractivity contribution in [2.24, 2.45) is 0 Å². The molecule has 0 spiro atoms. The van der Waals surface area contributed by atoms with Gasteiger partial charge in [0.05, 0.1) is 6.20 Å². The monoisotopic (exact) mass is 221 g/mol. The molecule has 2 rings (SSSR count). The van der Waals surface area contributed by atoms with Crippen LogP contribution < -0.4 is 0 Å². The molecule has 0 atom stereocenters. The third-order valence-electron chi connectivity index (χ3n) is 2.09. The van der Waals surface area contributed by atoms with Gasteiger partial charge in [0.2, 0.25) is 0 Å². The minimum absolute atomic E-state index is 0.0529. The van der Waals surface area contributed by atoms with E-state index >= 15 is 0 Å². The first-order valence-electron chi connectivity index (χ1n) is 4.44. The van der Waals surface area contributed by atoms with E-state index in [0.717, 1.165) is 10.7 Å². The molecule has 0 saturated carbocycles. The van der Waals surface area contributed by atoms with Gasteiger partial charge in [-0.05, 0) is 6.07 Å². The van der Waals surface area contributed by atoms with E-state index in [9.17, 15) is 14.3 Å². The number of carbonyl (C=O) groups excluding carboxylic acids is 1. The van der Waals surface area contributed by atoms with Crippen molar-refractivity contribution in [3.8, 4) is 0 Å². The lowest BCUT2D eigenvalue weighted by molar-refractivity contribution is 0.101. The number of rotatable bonds is 2. The van der Waals surface area contributed by atoms with Crippen LogP contribution in [0.4, 0.5) is 4.39 Å². The van der Waals surface area contributed by atoms with Gasteiger partial charge in [-0.25, -0.2) is 13.9 Å². The van der Waals surface area contributed by atoms with Crippen LogP contribution in [0.15, 0.2) is 18.8 Å². The maximum absolute atomic E-state index is 13.3. The number of nitrogens with zero attached hydrogens (tertiary/aromatic N) is 3. The standard InChI is InChI=1S/C10H8FN3O2/c1-5(15)8-3-9(6(2)16)14-10(13-8)7(11)4-12-14/h3-4,15H,1H2,2H3. The molecular formula is C10H8FN3O2. The van der Waals surface area contributed by atoms with Gasteiger partial charge in [0.25, 0.3) is 0 Å². The van der Waals surface area contributed by atoms with Gasteiger partial charge in [0.15, 0.2) is 17.2 Å². The Balaban J connectivity index is 2.86. The third kappa shape index (κ3) is 1.44. The zero-order valence-corrected chi connectivity index (χ0v) is 8.44. The maximum atomic E-state index is 13.3. The van der Waals surface area contributed by atoms with Crippen molar-refractivity contribution in [1.29, 1.82) is 0 Å². The van der Waals surface area contributed by atoms with Gasteiger partial charge in [0, 0.05) is 6.92 Å². The molecule has 0 aliphatic rings. The first kappa shape index (κ1) is 10.3. The fraction of sp³-hybridized carbons (Fsp3) is 0.100. The quantitative estimate of drug-likeness (QED) is 0.617. The van der Waals surface area contributed by atoms with Gasteiger partial charge >= 0.3 is 0 Å². The molecule has 0 aromatic carbocycles. The van der Waals surface area contributed by atoms with E-state index in [-0.39, 0.29) is 28.6 Å². The molecule has 0 unspecified atom stereocenters. The fourth-order valence-corrected chi connectivity index (χ4v) is 1.33. The topological polar surface area (TPSA) is 67.5 Å². The van der Waals surface area contributed by atoms with Gasteiger partial charge in [-0.1, -0.05) is 6.58 Å². The Bertz CT molecular complexity index is 603. The Labute approximate surface area is 89.8 Å². The molecule has 0 fully saturated rings. The highest BCUT2D eigenvalue weighted by molar-refractivity contribution is 5.93. The van der Waals surface area contributed by atoms with Crippen LogP contribution in [0.25, 0.3) is 11.4 Å². The smallest absolute Gasteiger partial charge is 0.192 e. The largest absolute Gasteiger partial charge is 0.506 e. The minimum atomic E-state index is -0.661. The molecule has 82 valence electrons. The number of aromatic nitrogens is 3. The van der Waals surface area contributed by atoms with Crippen molar-refractivity contribution in [2.75, 3.05) is 0 Å². The van der Waals surface area contributed by atoms with Crippen LogP contribution in [0, 0.1) is 5.82 Å². The number of Topliss-reactive ketones (excluding diaryl/α,β-unsaturated/α-hetero) is 1. The van der Waals surface area contributed by atoms with Gasteiger partial charge in [-0.3, -0.25) is 4.79 Å². The molecule has 0 aliphatic carbocycles. The molecular weight excluding hydrogens is 213 g/mol. The summed E-state index contributed by atoms with van der Waals surface area (Å²) in [6.45, 7) is 4.59. The molecule has 16 heavy (non-hydrogen) atoms. The highest BCUT2D eigenvalue weighted by atomic mass is 19.1. The van der Waals surface area contributed by atoms with Crippen LogP contribution in [0.5, 0.6) is 0 Å². The van der Waals surface area contributed by atoms with Crippen LogP contribution >= 0.6 is 0 Å². The molecule has 0 amide bonds. The summed E-state index contributed by atoms with van der Waals surface area (Å²) in [7, 11) is 0. The van der Waals surface area contributed by atoms with Crippen LogP contribution in [-0.4, -0.2) is 25.5 Å². The average molecular weight is 221 g/mol. The summed E-state index contributed by atoms with van der Waals surface area (Å²) in [4.78, 5) is 15.1. The predicted molar refractivity (Wildman–Crippen MR) is 54.6 cm³/mol. The van der Waals surface area contributed by atoms with E-state index in [4.69, 9.17) is 0 Å². The van der Waals surface area contributed by atoms with Crippen LogP contribution in [0.1, 0.15) is 23.1 Å². The van der Waals surface area contributed by atoms with Crippen molar-refractivity contribution in [3.63, 3.8) is 0 Å². The summed E-state index contributed by atoms with van der Waals surface area (Å²) < 4.78 is 14.4. The van der Waals surface area contributed by atoms with Crippen molar-refractivity contribution in [2.45, 2.75) is 6.92 Å². The Hall–Kier alpha value is -2.24. The summed E-state index contributed by atoms with van der Waals surface area (Å²) >= 11 is 0. The van der Waals surface area contributed by atoms with Crippen molar-refractivity contribution in [3.05, 3.63) is 36.0 Å². The number of hydrogen-bond acceptors (Lipinski definition) is 4. The second-order valence-corrected chi connectivity index (χ2v) is 3.26. The molecule has 0 aliphatic heterocycles. The number of aliphatic hydroxyl groups excluding tert-OH is 1. The second-order valence-electron chi connectivity index (χ2n) is 3.26. The number of hydrogen-bond donors (Lipinski definition) is 1. The number of aliphatic hydroxyl groups is 1. The van der Waals surface area contributed by atoms with E-state index in [1.165, 1.54) is 13.0 Å². The Morgan fingerprint density at radius 2 is 2.31 bits per heavy atom. The van der Waals surface area contributed by atoms with Gasteiger partial charge < -0.3 is 5.11 Å². The van der Waals surface area contributed by atoms with E-state index in [1.54, 1.807) is 0 Å². The van der Waals surface area contributed by atoms with Crippen molar-refractivity contribution in [1.82, 2.24) is 14.6 Å². The SMILES string of the molecule is C=C(O)c1cc(C(C)=O)n2ncc(F)c2n1. The highest BCUT2D eigenvalue weighted by Crippen LogP contribution is 2.15. The van der Waals surface area contributed by atoms with Crippen LogP contribution in [-0.2, 0) is 0 Å². The fourth-order valence-electron chi connectivity index (χ4n) is 1.33. The van der Waals surface area contributed by atoms with E-state index < -0.39 is 5.82 Å². The normalized spacial score (nSPS) is 10.6. The molecule has 2 aromatic heterocycles. The minimum Gasteiger partial charge on any atom is -0.506 e. The van der Waals surface area contributed by atoms with Gasteiger partial charge in [-0.15, -0.1) is 0 Å². The van der Waals surface area contributed by atoms with Gasteiger partial charge in [-0.2, -0.15) is 5.10 Å². The second kappa shape index (κ2) is 3.41. The van der Waals surface area contributed by atoms with Crippen LogP contribution in [0.3, 0.4) is 0 Å². The van der Waals surface area contributed by atoms with E-state index in [1.807, 2.05) is 0 Å². The Kier molecular flexibility index (Phi) is 2.19. The maximum Gasteiger partial charge on any atom is 0.192 e. The third-order valence-corrected chi connectivity index (χ3v) is 2.09. The Morgan fingerprint density at radius 1 is 1.62 bits per heavy atom. The Morgan fingerprint density at radius 3 is 2.88 bits per heavy atom. The first-order valence-corrected chi connectivity index (χ1v) is 4.44. The first-order chi connectivity index (χ1) is 7.50. The van der Waals surface area contributed by atoms with E-state index in [0.29, 0.717) is 0 Å². The zero-order valence-electron chi connectivity index (χ0n) is 8.44. The van der Waals surface area contributed by atoms with Crippen molar-refractivity contribution < 1.29 is 14.3 Å². The highest BCUT2D eigenvalue weighted by Gasteiger charge is 2.14. The lowest BCUT2D eigenvalue weighted by atomic mass is 10.2. The van der Waals surface area contributed by atoms with Gasteiger partial charge in [0.1, 0.15) is 17.1 Å². The predicted octanol–water partition coefficient (Wildman–Crippen LogP) is 1.60. The molecule has 6 heteroatoms. The lowest BCUT2D eigenvalue weighted by Gasteiger charge is -2.03. The molecule has 2 heterocycles. The average Bonchev–Trinajstić information content (AvgIpc) is 2.59. The lowest BCUT2D eigenvalue weighted by Crippen LogP contribution is -2.07. The molecule has 1 N–H and O–H groups in total. The summed E-state index contributed by atoms with van der Waals surface area (Å²) in [5, 5.41) is 12.9. The molecule has 0 saturated heterocycles. The van der Waals surface area contributed by atoms with Crippen molar-refractivity contribution >= 4 is 17.2 Å². The van der Waals surface area contributed by atoms with E-state index in [2.05, 4.69) is 16.7 Å². The number of ketones is 1. The summed E-state index contributed by atoms with van der Waals surface area (Å²) in [5.74, 6) is -1.30. The zero-order chi connectivity index (χ0) is 11.9. The molecule has 5 nitrogen and oxygen atoms in total. The van der Waals surface area contributed by atoms with Crippen LogP contribution in [0.2, 0.25) is 0 Å². The molecule has 0 radical (unpaired) electrons. The number of carbonyl (C=O) groups is 1. The number of halogens is 1. The number of fused-ring (bicyclic) bond motifs is 1. The summed E-state index contributed by atoms with van der Waals surface area (Å²) in [6, 6.07) is 1.31. The molecule has 0 bridgehead atoms. The summed E-state index contributed by atoms with van der Waals surface area (Å²) in [5.41, 5.74) is 0.0779. The molecule has 2 aromatic rings. The summed E-state index contributed by atoms with van der Waals surface area (Å²) in [6.07, 6.45) is 0.957.